The number of terminal acetylenes is 1. The molecule has 25 heavy (non-hydrogen) atoms. The van der Waals surface area contributed by atoms with E-state index in [-0.39, 0.29) is 11.9 Å². The fraction of sp³-hybridized carbons (Fsp3) is 0.389. The minimum absolute atomic E-state index is 0.115. The van der Waals surface area contributed by atoms with E-state index < -0.39 is 6.10 Å². The van der Waals surface area contributed by atoms with Crippen molar-refractivity contribution in [1.82, 2.24) is 15.0 Å². The Hall–Kier alpha value is -2.85. The quantitative estimate of drug-likeness (QED) is 0.664. The van der Waals surface area contributed by atoms with Crippen molar-refractivity contribution in [2.75, 3.05) is 17.6 Å². The Balaban J connectivity index is 2.35. The molecule has 2 aromatic rings. The number of anilines is 2. The van der Waals surface area contributed by atoms with Gasteiger partial charge in [-0.1, -0.05) is 26.7 Å². The maximum absolute atomic E-state index is 9.75. The van der Waals surface area contributed by atoms with E-state index in [4.69, 9.17) is 16.9 Å². The number of aliphatic hydroxyl groups is 1. The number of ether oxygens (including phenoxy) is 1. The molecule has 0 saturated heterocycles. The van der Waals surface area contributed by atoms with Crippen molar-refractivity contribution in [2.45, 2.75) is 39.2 Å². The number of nitrogens with one attached hydrogen (secondary N) is 1. The minimum atomic E-state index is -0.496. The first-order chi connectivity index (χ1) is 11.9. The number of pyridine rings is 1. The summed E-state index contributed by atoms with van der Waals surface area (Å²) < 4.78 is 6.01. The fourth-order valence-corrected chi connectivity index (χ4v) is 2.11. The minimum Gasteiger partial charge on any atom is -0.451 e. The highest BCUT2D eigenvalue weighted by molar-refractivity contribution is 5.54. The van der Waals surface area contributed by atoms with Crippen molar-refractivity contribution in [3.8, 4) is 23.8 Å². The first-order valence-electron chi connectivity index (χ1n) is 8.13. The molecular formula is C18H23N5O2. The number of aromatic nitrogens is 3. The van der Waals surface area contributed by atoms with E-state index in [9.17, 15) is 5.11 Å². The van der Waals surface area contributed by atoms with Crippen LogP contribution in [0.1, 0.15) is 44.4 Å². The number of aliphatic hydroxyl groups excluding tert-OH is 1. The third kappa shape index (κ3) is 4.81. The summed E-state index contributed by atoms with van der Waals surface area (Å²) >= 11 is 0. The molecular weight excluding hydrogens is 318 g/mol. The van der Waals surface area contributed by atoms with Crippen molar-refractivity contribution in [3.05, 3.63) is 29.7 Å². The molecule has 0 aliphatic rings. The van der Waals surface area contributed by atoms with E-state index in [1.807, 2.05) is 20.8 Å². The second-order valence-corrected chi connectivity index (χ2v) is 5.89. The number of rotatable bonds is 7. The van der Waals surface area contributed by atoms with Crippen LogP contribution >= 0.6 is 0 Å². The monoisotopic (exact) mass is 341 g/mol. The lowest BCUT2D eigenvalue weighted by atomic mass is 10.0. The van der Waals surface area contributed by atoms with Crippen LogP contribution < -0.4 is 15.8 Å². The van der Waals surface area contributed by atoms with Gasteiger partial charge in [-0.3, -0.25) is 0 Å². The summed E-state index contributed by atoms with van der Waals surface area (Å²) in [5.74, 6) is 4.21. The van der Waals surface area contributed by atoms with Gasteiger partial charge in [0.05, 0.1) is 12.3 Å². The van der Waals surface area contributed by atoms with Crippen LogP contribution in [0.15, 0.2) is 18.5 Å². The maximum atomic E-state index is 9.75. The SMILES string of the molecule is C#Cc1cc(Oc2cnc(N)nc2NCC(O)CC)c(C(C)C)cn1. The Labute approximate surface area is 147 Å². The zero-order valence-electron chi connectivity index (χ0n) is 14.7. The topological polar surface area (TPSA) is 106 Å². The van der Waals surface area contributed by atoms with Crippen molar-refractivity contribution >= 4 is 11.8 Å². The van der Waals surface area contributed by atoms with Gasteiger partial charge in [0, 0.05) is 24.4 Å². The largest absolute Gasteiger partial charge is 0.451 e. The van der Waals surface area contributed by atoms with Crippen LogP contribution in [0.5, 0.6) is 11.5 Å². The Bertz CT molecular complexity index is 771. The summed E-state index contributed by atoms with van der Waals surface area (Å²) in [4.78, 5) is 12.4. The van der Waals surface area contributed by atoms with Crippen LogP contribution in [-0.2, 0) is 0 Å². The van der Waals surface area contributed by atoms with Gasteiger partial charge >= 0.3 is 0 Å². The van der Waals surface area contributed by atoms with Crippen LogP contribution in [0, 0.1) is 12.3 Å². The molecule has 2 rings (SSSR count). The molecule has 0 aliphatic heterocycles. The highest BCUT2D eigenvalue weighted by Gasteiger charge is 2.15. The van der Waals surface area contributed by atoms with Crippen molar-refractivity contribution in [2.24, 2.45) is 0 Å². The smallest absolute Gasteiger partial charge is 0.222 e. The van der Waals surface area contributed by atoms with Gasteiger partial charge in [-0.15, -0.1) is 6.42 Å². The van der Waals surface area contributed by atoms with Crippen LogP contribution in [0.3, 0.4) is 0 Å². The second kappa shape index (κ2) is 8.31. The Morgan fingerprint density at radius 2 is 2.08 bits per heavy atom. The van der Waals surface area contributed by atoms with Gasteiger partial charge in [0.25, 0.3) is 0 Å². The standard InChI is InChI=1S/C18H23N5O2/c1-5-12-7-15(14(9-20-12)11(3)4)25-16-10-22-18(19)23-17(16)21-8-13(24)6-2/h1,7,9-11,13,24H,6,8H2,2-4H3,(H3,19,21,22,23). The molecule has 0 saturated carbocycles. The summed E-state index contributed by atoms with van der Waals surface area (Å²) in [5.41, 5.74) is 7.06. The number of nitrogen functional groups attached to an aromatic ring is 1. The Morgan fingerprint density at radius 3 is 2.72 bits per heavy atom. The molecule has 0 spiro atoms. The molecule has 7 heteroatoms. The molecule has 0 aliphatic carbocycles. The lowest BCUT2D eigenvalue weighted by Gasteiger charge is -2.17. The maximum Gasteiger partial charge on any atom is 0.222 e. The summed E-state index contributed by atoms with van der Waals surface area (Å²) in [6, 6.07) is 1.70. The lowest BCUT2D eigenvalue weighted by molar-refractivity contribution is 0.183. The molecule has 7 nitrogen and oxygen atoms in total. The van der Waals surface area contributed by atoms with Gasteiger partial charge in [-0.25, -0.2) is 9.97 Å². The Morgan fingerprint density at radius 1 is 1.32 bits per heavy atom. The number of hydrogen-bond acceptors (Lipinski definition) is 7. The lowest BCUT2D eigenvalue weighted by Crippen LogP contribution is -2.19. The first kappa shape index (κ1) is 18.5. The third-order valence-corrected chi connectivity index (χ3v) is 3.64. The molecule has 1 atom stereocenters. The van der Waals surface area contributed by atoms with Gasteiger partial charge in [0.2, 0.25) is 5.95 Å². The van der Waals surface area contributed by atoms with Gasteiger partial charge in [0.15, 0.2) is 11.6 Å². The molecule has 4 N–H and O–H groups in total. The summed E-state index contributed by atoms with van der Waals surface area (Å²) in [6.45, 7) is 6.29. The predicted molar refractivity (Wildman–Crippen MR) is 97.6 cm³/mol. The molecule has 2 aromatic heterocycles. The van der Waals surface area contributed by atoms with E-state index in [2.05, 4.69) is 26.2 Å². The van der Waals surface area contributed by atoms with Gasteiger partial charge in [0.1, 0.15) is 11.4 Å². The van der Waals surface area contributed by atoms with E-state index in [0.717, 1.165) is 5.56 Å². The number of hydrogen-bond donors (Lipinski definition) is 3. The van der Waals surface area contributed by atoms with Crippen molar-refractivity contribution < 1.29 is 9.84 Å². The molecule has 1 unspecified atom stereocenters. The molecule has 2 heterocycles. The highest BCUT2D eigenvalue weighted by Crippen LogP contribution is 2.33. The van der Waals surface area contributed by atoms with Gasteiger partial charge < -0.3 is 20.9 Å². The highest BCUT2D eigenvalue weighted by atomic mass is 16.5. The van der Waals surface area contributed by atoms with Crippen molar-refractivity contribution in [3.63, 3.8) is 0 Å². The predicted octanol–water partition coefficient (Wildman–Crippen LogP) is 2.53. The molecule has 132 valence electrons. The van der Waals surface area contributed by atoms with Gasteiger partial charge in [-0.05, 0) is 12.3 Å². The average molecular weight is 341 g/mol. The second-order valence-electron chi connectivity index (χ2n) is 5.89. The number of nitrogens with two attached hydrogens (primary N) is 1. The average Bonchev–Trinajstić information content (AvgIpc) is 2.61. The van der Waals surface area contributed by atoms with Crippen LogP contribution in [0.4, 0.5) is 11.8 Å². The normalized spacial score (nSPS) is 11.8. The Kier molecular flexibility index (Phi) is 6.14. The van der Waals surface area contributed by atoms with Crippen LogP contribution in [-0.4, -0.2) is 32.7 Å². The summed E-state index contributed by atoms with van der Waals surface area (Å²) in [6.07, 6.45) is 8.76. The fourth-order valence-electron chi connectivity index (χ4n) is 2.11. The van der Waals surface area contributed by atoms with Crippen LogP contribution in [0.2, 0.25) is 0 Å². The first-order valence-corrected chi connectivity index (χ1v) is 8.13. The summed E-state index contributed by atoms with van der Waals surface area (Å²) in [7, 11) is 0. The molecule has 0 radical (unpaired) electrons. The van der Waals surface area contributed by atoms with Crippen molar-refractivity contribution in [1.29, 1.82) is 0 Å². The van der Waals surface area contributed by atoms with E-state index in [1.165, 1.54) is 6.20 Å². The van der Waals surface area contributed by atoms with E-state index >= 15 is 0 Å². The number of nitrogens with zero attached hydrogens (tertiary/aromatic N) is 3. The van der Waals surface area contributed by atoms with E-state index in [0.29, 0.717) is 36.0 Å². The van der Waals surface area contributed by atoms with Crippen LogP contribution in [0.25, 0.3) is 0 Å². The molecule has 0 fully saturated rings. The van der Waals surface area contributed by atoms with Gasteiger partial charge in [-0.2, -0.15) is 4.98 Å². The van der Waals surface area contributed by atoms with E-state index in [1.54, 1.807) is 12.3 Å². The molecule has 0 bridgehead atoms. The zero-order chi connectivity index (χ0) is 18.4. The summed E-state index contributed by atoms with van der Waals surface area (Å²) in [5, 5.41) is 12.8. The third-order valence-electron chi connectivity index (χ3n) is 3.64. The molecule has 0 aromatic carbocycles. The molecule has 0 amide bonds. The zero-order valence-corrected chi connectivity index (χ0v) is 14.7.